The van der Waals surface area contributed by atoms with Crippen molar-refractivity contribution in [3.05, 3.63) is 54.1 Å². The summed E-state index contributed by atoms with van der Waals surface area (Å²) in [7, 11) is 1.57. The number of phenolic OH excluding ortho intramolecular Hbond substituents is 1. The molecule has 0 spiro atoms. The zero-order valence-electron chi connectivity index (χ0n) is 12.1. The normalized spacial score (nSPS) is 11.5. The van der Waals surface area contributed by atoms with Crippen LogP contribution in [0.5, 0.6) is 5.75 Å². The Kier molecular flexibility index (Phi) is 4.66. The van der Waals surface area contributed by atoms with E-state index in [1.54, 1.807) is 19.2 Å². The second kappa shape index (κ2) is 6.65. The topological polar surface area (TPSA) is 73.4 Å². The summed E-state index contributed by atoms with van der Waals surface area (Å²) in [5.74, 6) is 0.256. The largest absolute Gasteiger partial charge is 0.508 e. The number of urea groups is 1. The van der Waals surface area contributed by atoms with Gasteiger partial charge in [0.05, 0.1) is 0 Å². The zero-order chi connectivity index (χ0) is 15.2. The summed E-state index contributed by atoms with van der Waals surface area (Å²) in [5, 5.41) is 18.0. The molecule has 0 radical (unpaired) electrons. The van der Waals surface area contributed by atoms with Crippen molar-refractivity contribution >= 4 is 17.4 Å². The molecule has 2 rings (SSSR count). The molecule has 2 aromatic carbocycles. The minimum absolute atomic E-state index is 0.0647. The van der Waals surface area contributed by atoms with Crippen molar-refractivity contribution in [1.29, 1.82) is 0 Å². The molecule has 5 heteroatoms. The maximum atomic E-state index is 11.2. The lowest BCUT2D eigenvalue weighted by molar-refractivity contribution is 0.254. The molecule has 2 amide bonds. The van der Waals surface area contributed by atoms with Crippen LogP contribution in [-0.2, 0) is 0 Å². The fourth-order valence-electron chi connectivity index (χ4n) is 1.97. The summed E-state index contributed by atoms with van der Waals surface area (Å²) in [4.78, 5) is 11.2. The summed E-state index contributed by atoms with van der Waals surface area (Å²) < 4.78 is 0. The van der Waals surface area contributed by atoms with Gasteiger partial charge in [0.15, 0.2) is 0 Å². The van der Waals surface area contributed by atoms with E-state index in [-0.39, 0.29) is 17.8 Å². The van der Waals surface area contributed by atoms with Crippen LogP contribution in [0.2, 0.25) is 0 Å². The molecule has 0 bridgehead atoms. The number of anilines is 2. The van der Waals surface area contributed by atoms with Crippen LogP contribution in [-0.4, -0.2) is 18.2 Å². The van der Waals surface area contributed by atoms with Gasteiger partial charge in [-0.3, -0.25) is 0 Å². The summed E-state index contributed by atoms with van der Waals surface area (Å²) in [5.41, 5.74) is 2.67. The monoisotopic (exact) mass is 285 g/mol. The molecule has 4 N–H and O–H groups in total. The van der Waals surface area contributed by atoms with E-state index >= 15 is 0 Å². The number of carbonyl (C=O) groups excluding carboxylic acids is 1. The minimum atomic E-state index is -0.246. The lowest BCUT2D eigenvalue weighted by Crippen LogP contribution is -2.24. The average molecular weight is 285 g/mol. The quantitative estimate of drug-likeness (QED) is 0.696. The van der Waals surface area contributed by atoms with E-state index in [9.17, 15) is 9.90 Å². The highest BCUT2D eigenvalue weighted by atomic mass is 16.3. The van der Waals surface area contributed by atoms with E-state index in [1.807, 2.05) is 43.3 Å². The number of carbonyl (C=O) groups is 1. The first kappa shape index (κ1) is 14.7. The molecule has 21 heavy (non-hydrogen) atoms. The molecule has 0 aliphatic carbocycles. The van der Waals surface area contributed by atoms with Gasteiger partial charge in [-0.2, -0.15) is 0 Å². The Bertz CT molecular complexity index is 611. The highest BCUT2D eigenvalue weighted by Crippen LogP contribution is 2.23. The Balaban J connectivity index is 2.01. The molecule has 1 unspecified atom stereocenters. The number of hydrogen-bond acceptors (Lipinski definition) is 3. The molecular weight excluding hydrogens is 266 g/mol. The number of benzene rings is 2. The number of amides is 2. The molecule has 2 aromatic rings. The first-order valence-corrected chi connectivity index (χ1v) is 6.73. The van der Waals surface area contributed by atoms with E-state index in [0.29, 0.717) is 0 Å². The summed E-state index contributed by atoms with van der Waals surface area (Å²) in [6.45, 7) is 2.02. The van der Waals surface area contributed by atoms with Crippen molar-refractivity contribution in [3.63, 3.8) is 0 Å². The minimum Gasteiger partial charge on any atom is -0.508 e. The lowest BCUT2D eigenvalue weighted by Gasteiger charge is -2.16. The van der Waals surface area contributed by atoms with Gasteiger partial charge in [-0.15, -0.1) is 0 Å². The first-order valence-electron chi connectivity index (χ1n) is 6.73. The average Bonchev–Trinajstić information content (AvgIpc) is 2.49. The van der Waals surface area contributed by atoms with Gasteiger partial charge in [0.25, 0.3) is 0 Å². The lowest BCUT2D eigenvalue weighted by atomic mass is 10.1. The maximum Gasteiger partial charge on any atom is 0.318 e. The number of nitrogens with one attached hydrogen (secondary N) is 3. The van der Waals surface area contributed by atoms with Gasteiger partial charge in [-0.1, -0.05) is 12.1 Å². The second-order valence-electron chi connectivity index (χ2n) is 4.74. The number of rotatable bonds is 4. The molecule has 0 saturated heterocycles. The Labute approximate surface area is 124 Å². The second-order valence-corrected chi connectivity index (χ2v) is 4.74. The highest BCUT2D eigenvalue weighted by molar-refractivity contribution is 5.89. The van der Waals surface area contributed by atoms with Gasteiger partial charge >= 0.3 is 6.03 Å². The summed E-state index contributed by atoms with van der Waals surface area (Å²) in [6.07, 6.45) is 0. The molecule has 0 aliphatic heterocycles. The van der Waals surface area contributed by atoms with E-state index < -0.39 is 0 Å². The maximum absolute atomic E-state index is 11.2. The highest BCUT2D eigenvalue weighted by Gasteiger charge is 2.06. The third-order valence-electron chi connectivity index (χ3n) is 3.12. The Morgan fingerprint density at radius 2 is 1.76 bits per heavy atom. The number of phenols is 1. The number of aromatic hydroxyl groups is 1. The molecule has 5 nitrogen and oxygen atoms in total. The van der Waals surface area contributed by atoms with Crippen molar-refractivity contribution in [2.45, 2.75) is 13.0 Å². The van der Waals surface area contributed by atoms with E-state index in [2.05, 4.69) is 16.0 Å². The molecule has 0 aromatic heterocycles. The molecule has 0 aliphatic rings. The van der Waals surface area contributed by atoms with Crippen LogP contribution in [0.4, 0.5) is 16.2 Å². The van der Waals surface area contributed by atoms with Crippen LogP contribution in [0.1, 0.15) is 18.5 Å². The smallest absolute Gasteiger partial charge is 0.318 e. The SMILES string of the molecule is CNC(=O)Nc1ccc(NC(C)c2cccc(O)c2)cc1. The van der Waals surface area contributed by atoms with E-state index in [4.69, 9.17) is 0 Å². The van der Waals surface area contributed by atoms with Gasteiger partial charge < -0.3 is 21.1 Å². The van der Waals surface area contributed by atoms with Crippen molar-refractivity contribution in [3.8, 4) is 5.75 Å². The Morgan fingerprint density at radius 1 is 1.10 bits per heavy atom. The first-order chi connectivity index (χ1) is 10.1. The summed E-state index contributed by atoms with van der Waals surface area (Å²) >= 11 is 0. The van der Waals surface area contributed by atoms with Crippen LogP contribution in [0.25, 0.3) is 0 Å². The zero-order valence-corrected chi connectivity index (χ0v) is 12.1. The van der Waals surface area contributed by atoms with E-state index in [0.717, 1.165) is 16.9 Å². The Morgan fingerprint density at radius 3 is 2.38 bits per heavy atom. The number of hydrogen-bond donors (Lipinski definition) is 4. The third kappa shape index (κ3) is 4.14. The van der Waals surface area contributed by atoms with Crippen LogP contribution in [0.3, 0.4) is 0 Å². The van der Waals surface area contributed by atoms with Gasteiger partial charge in [-0.25, -0.2) is 4.79 Å². The molecule has 0 heterocycles. The van der Waals surface area contributed by atoms with Crippen LogP contribution in [0.15, 0.2) is 48.5 Å². The van der Waals surface area contributed by atoms with Gasteiger partial charge in [0.1, 0.15) is 5.75 Å². The fraction of sp³-hybridized carbons (Fsp3) is 0.188. The van der Waals surface area contributed by atoms with Crippen LogP contribution >= 0.6 is 0 Å². The fourth-order valence-corrected chi connectivity index (χ4v) is 1.97. The molecule has 1 atom stereocenters. The van der Waals surface area contributed by atoms with Crippen LogP contribution in [0, 0.1) is 0 Å². The summed E-state index contributed by atoms with van der Waals surface area (Å²) in [6, 6.07) is 14.4. The van der Waals surface area contributed by atoms with Gasteiger partial charge in [-0.05, 0) is 48.9 Å². The Hall–Kier alpha value is -2.69. The molecule has 110 valence electrons. The van der Waals surface area contributed by atoms with Crippen molar-refractivity contribution in [1.82, 2.24) is 5.32 Å². The van der Waals surface area contributed by atoms with Crippen LogP contribution < -0.4 is 16.0 Å². The predicted octanol–water partition coefficient (Wildman–Crippen LogP) is 3.32. The van der Waals surface area contributed by atoms with Crippen molar-refractivity contribution < 1.29 is 9.90 Å². The molecular formula is C16H19N3O2. The predicted molar refractivity (Wildman–Crippen MR) is 84.7 cm³/mol. The van der Waals surface area contributed by atoms with E-state index in [1.165, 1.54) is 0 Å². The standard InChI is InChI=1S/C16H19N3O2/c1-11(12-4-3-5-15(20)10-12)18-13-6-8-14(9-7-13)19-16(21)17-2/h3-11,18,20H,1-2H3,(H2,17,19,21). The molecule has 0 saturated carbocycles. The van der Waals surface area contributed by atoms with Crippen molar-refractivity contribution in [2.24, 2.45) is 0 Å². The molecule has 0 fully saturated rings. The van der Waals surface area contributed by atoms with Crippen molar-refractivity contribution in [2.75, 3.05) is 17.7 Å². The van der Waals surface area contributed by atoms with Gasteiger partial charge in [0.2, 0.25) is 0 Å². The third-order valence-corrected chi connectivity index (χ3v) is 3.12. The van der Waals surface area contributed by atoms with Gasteiger partial charge in [0, 0.05) is 24.5 Å².